The molecule has 1 aromatic heterocycles. The predicted octanol–water partition coefficient (Wildman–Crippen LogP) is 0.945. The maximum absolute atomic E-state index is 11.6. The predicted molar refractivity (Wildman–Crippen MR) is 55.4 cm³/mol. The minimum absolute atomic E-state index is 0.00144. The Kier molecular flexibility index (Phi) is 2.56. The zero-order chi connectivity index (χ0) is 10.7. The van der Waals surface area contributed by atoms with Gasteiger partial charge in [0.15, 0.2) is 0 Å². The fraction of sp³-hybridized carbons (Fsp3) is 0.111. The molecule has 0 aliphatic rings. The van der Waals surface area contributed by atoms with Crippen LogP contribution in [-0.2, 0) is 0 Å². The highest BCUT2D eigenvalue weighted by molar-refractivity contribution is 7.13. The molecule has 0 atom stereocenters. The van der Waals surface area contributed by atoms with Crippen molar-refractivity contribution >= 4 is 27.7 Å². The van der Waals surface area contributed by atoms with Gasteiger partial charge in [0.05, 0.1) is 16.3 Å². The first-order chi connectivity index (χ1) is 7.33. The first-order valence-electron chi connectivity index (χ1n) is 4.19. The van der Waals surface area contributed by atoms with Crippen molar-refractivity contribution in [2.45, 2.75) is 0 Å². The largest absolute Gasteiger partial charge is 0.339 e. The third-order valence-corrected chi connectivity index (χ3v) is 2.62. The van der Waals surface area contributed by atoms with Crippen LogP contribution in [0.15, 0.2) is 18.2 Å². The van der Waals surface area contributed by atoms with Crippen molar-refractivity contribution < 1.29 is 4.79 Å². The van der Waals surface area contributed by atoms with Crippen molar-refractivity contribution in [2.75, 3.05) is 6.54 Å². The minimum Gasteiger partial charge on any atom is -0.339 e. The van der Waals surface area contributed by atoms with E-state index in [9.17, 15) is 4.79 Å². The molecule has 1 amide bonds. The van der Waals surface area contributed by atoms with E-state index in [-0.39, 0.29) is 12.5 Å². The van der Waals surface area contributed by atoms with Gasteiger partial charge in [-0.25, -0.2) is 0 Å². The number of aromatic nitrogens is 2. The fourth-order valence-electron chi connectivity index (χ4n) is 1.20. The molecule has 15 heavy (non-hydrogen) atoms. The second-order valence-corrected chi connectivity index (χ2v) is 3.52. The molecule has 0 bridgehead atoms. The SMILES string of the molecule is N#CCNC(=O)c1cccc2nnsc12. The van der Waals surface area contributed by atoms with E-state index in [1.807, 2.05) is 6.07 Å². The van der Waals surface area contributed by atoms with Crippen molar-refractivity contribution in [1.29, 1.82) is 5.26 Å². The second kappa shape index (κ2) is 4.02. The molecule has 6 heteroatoms. The van der Waals surface area contributed by atoms with Crippen LogP contribution in [0.1, 0.15) is 10.4 Å². The normalized spacial score (nSPS) is 9.80. The molecule has 0 spiro atoms. The monoisotopic (exact) mass is 218 g/mol. The number of amides is 1. The summed E-state index contributed by atoms with van der Waals surface area (Å²) in [5.74, 6) is -0.270. The lowest BCUT2D eigenvalue weighted by molar-refractivity contribution is 0.0960. The summed E-state index contributed by atoms with van der Waals surface area (Å²) in [6, 6.07) is 7.07. The summed E-state index contributed by atoms with van der Waals surface area (Å²) in [4.78, 5) is 11.6. The van der Waals surface area contributed by atoms with Gasteiger partial charge in [0.25, 0.3) is 5.91 Å². The third-order valence-electron chi connectivity index (χ3n) is 1.85. The molecule has 1 heterocycles. The highest BCUT2D eigenvalue weighted by Crippen LogP contribution is 2.19. The molecule has 0 unspecified atom stereocenters. The van der Waals surface area contributed by atoms with E-state index in [1.54, 1.807) is 18.2 Å². The Labute approximate surface area is 89.5 Å². The molecule has 1 aromatic carbocycles. The van der Waals surface area contributed by atoms with E-state index in [1.165, 1.54) is 11.5 Å². The fourth-order valence-corrected chi connectivity index (χ4v) is 1.87. The molecule has 1 N–H and O–H groups in total. The number of rotatable bonds is 2. The van der Waals surface area contributed by atoms with Gasteiger partial charge in [-0.15, -0.1) is 5.10 Å². The van der Waals surface area contributed by atoms with E-state index in [2.05, 4.69) is 14.9 Å². The highest BCUT2D eigenvalue weighted by Gasteiger charge is 2.11. The Balaban J connectivity index is 2.39. The molecule has 0 radical (unpaired) electrons. The summed E-state index contributed by atoms with van der Waals surface area (Å²) in [6.45, 7) is 0.00144. The smallest absolute Gasteiger partial charge is 0.253 e. The van der Waals surface area contributed by atoms with Crippen LogP contribution in [0, 0.1) is 11.3 Å². The van der Waals surface area contributed by atoms with Crippen LogP contribution in [0.2, 0.25) is 0 Å². The summed E-state index contributed by atoms with van der Waals surface area (Å²) < 4.78 is 4.51. The molecular formula is C9H6N4OS. The van der Waals surface area contributed by atoms with Gasteiger partial charge >= 0.3 is 0 Å². The summed E-state index contributed by atoms with van der Waals surface area (Å²) in [5.41, 5.74) is 1.21. The molecular weight excluding hydrogens is 212 g/mol. The number of nitrogens with one attached hydrogen (secondary N) is 1. The number of nitrogens with zero attached hydrogens (tertiary/aromatic N) is 3. The molecule has 74 valence electrons. The van der Waals surface area contributed by atoms with Gasteiger partial charge in [-0.3, -0.25) is 4.79 Å². The Morgan fingerprint density at radius 1 is 1.60 bits per heavy atom. The number of benzene rings is 1. The number of carbonyl (C=O) groups excluding carboxylic acids is 1. The molecule has 0 saturated heterocycles. The molecule has 0 aliphatic carbocycles. The number of carbonyl (C=O) groups is 1. The summed E-state index contributed by atoms with van der Waals surface area (Å²) >= 11 is 1.17. The maximum Gasteiger partial charge on any atom is 0.253 e. The van der Waals surface area contributed by atoms with Gasteiger partial charge in [-0.2, -0.15) is 5.26 Å². The Hall–Kier alpha value is -2.00. The number of fused-ring (bicyclic) bond motifs is 1. The molecule has 0 fully saturated rings. The zero-order valence-corrected chi connectivity index (χ0v) is 8.41. The first kappa shape index (κ1) is 9.55. The van der Waals surface area contributed by atoms with Crippen LogP contribution in [-0.4, -0.2) is 22.0 Å². The Bertz CT molecular complexity index is 542. The Morgan fingerprint density at radius 2 is 2.47 bits per heavy atom. The van der Waals surface area contributed by atoms with Crippen LogP contribution < -0.4 is 5.32 Å². The highest BCUT2D eigenvalue weighted by atomic mass is 32.1. The number of hydrogen-bond acceptors (Lipinski definition) is 5. The van der Waals surface area contributed by atoms with Crippen molar-refractivity contribution in [3.05, 3.63) is 23.8 Å². The first-order valence-corrected chi connectivity index (χ1v) is 4.96. The van der Waals surface area contributed by atoms with Crippen molar-refractivity contribution in [2.24, 2.45) is 0 Å². The van der Waals surface area contributed by atoms with Gasteiger partial charge in [0.1, 0.15) is 12.1 Å². The lowest BCUT2D eigenvalue weighted by Crippen LogP contribution is -2.23. The van der Waals surface area contributed by atoms with E-state index in [4.69, 9.17) is 5.26 Å². The van der Waals surface area contributed by atoms with Crippen LogP contribution >= 0.6 is 11.5 Å². The molecule has 0 saturated carbocycles. The summed E-state index contributed by atoms with van der Waals surface area (Å²) in [5, 5.41) is 14.7. The van der Waals surface area contributed by atoms with Crippen molar-refractivity contribution in [3.63, 3.8) is 0 Å². The topological polar surface area (TPSA) is 78.7 Å². The van der Waals surface area contributed by atoms with Gasteiger partial charge in [0.2, 0.25) is 0 Å². The average molecular weight is 218 g/mol. The molecule has 5 nitrogen and oxygen atoms in total. The van der Waals surface area contributed by atoms with Crippen LogP contribution in [0.4, 0.5) is 0 Å². The minimum atomic E-state index is -0.270. The Morgan fingerprint density at radius 3 is 3.27 bits per heavy atom. The third kappa shape index (κ3) is 1.78. The number of hydrogen-bond donors (Lipinski definition) is 1. The standard InChI is InChI=1S/C9H6N4OS/c10-4-5-11-9(14)6-2-1-3-7-8(6)15-13-12-7/h1-3H,5H2,(H,11,14). The van der Waals surface area contributed by atoms with Gasteiger partial charge in [-0.05, 0) is 23.7 Å². The van der Waals surface area contributed by atoms with Gasteiger partial charge in [0, 0.05) is 0 Å². The van der Waals surface area contributed by atoms with E-state index >= 15 is 0 Å². The molecule has 0 aliphatic heterocycles. The van der Waals surface area contributed by atoms with Crippen molar-refractivity contribution in [1.82, 2.24) is 14.9 Å². The van der Waals surface area contributed by atoms with Crippen LogP contribution in [0.25, 0.3) is 10.2 Å². The van der Waals surface area contributed by atoms with Crippen molar-refractivity contribution in [3.8, 4) is 6.07 Å². The average Bonchev–Trinajstić information content (AvgIpc) is 2.73. The maximum atomic E-state index is 11.6. The van der Waals surface area contributed by atoms with Gasteiger partial charge in [-0.1, -0.05) is 10.6 Å². The second-order valence-electron chi connectivity index (χ2n) is 2.77. The van der Waals surface area contributed by atoms with Crippen LogP contribution in [0.5, 0.6) is 0 Å². The lowest BCUT2D eigenvalue weighted by Gasteiger charge is -2.00. The zero-order valence-electron chi connectivity index (χ0n) is 7.60. The molecule has 2 rings (SSSR count). The van der Waals surface area contributed by atoms with E-state index in [0.717, 1.165) is 4.70 Å². The van der Waals surface area contributed by atoms with E-state index < -0.39 is 0 Å². The molecule has 2 aromatic rings. The van der Waals surface area contributed by atoms with Crippen LogP contribution in [0.3, 0.4) is 0 Å². The quantitative estimate of drug-likeness (QED) is 0.761. The summed E-state index contributed by atoms with van der Waals surface area (Å²) in [6.07, 6.45) is 0. The van der Waals surface area contributed by atoms with Gasteiger partial charge < -0.3 is 5.32 Å². The summed E-state index contributed by atoms with van der Waals surface area (Å²) in [7, 11) is 0. The van der Waals surface area contributed by atoms with E-state index in [0.29, 0.717) is 11.1 Å². The number of nitriles is 1. The lowest BCUT2D eigenvalue weighted by atomic mass is 10.2.